The number of methoxy groups -OCH3 is 1. The molecule has 2 heteroatoms. The third-order valence-electron chi connectivity index (χ3n) is 3.49. The first-order valence-corrected chi connectivity index (χ1v) is 7.03. The van der Waals surface area contributed by atoms with E-state index in [4.69, 9.17) is 4.74 Å². The van der Waals surface area contributed by atoms with Gasteiger partial charge in [0.2, 0.25) is 0 Å². The zero-order valence-electron chi connectivity index (χ0n) is 12.7. The second kappa shape index (κ2) is 6.58. The van der Waals surface area contributed by atoms with Crippen molar-refractivity contribution < 1.29 is 4.74 Å². The molecule has 0 unspecified atom stereocenters. The Kier molecular flexibility index (Phi) is 4.80. The van der Waals surface area contributed by atoms with Crippen LogP contribution in [0.4, 0.5) is 0 Å². The van der Waals surface area contributed by atoms with Crippen LogP contribution < -0.4 is 10.1 Å². The van der Waals surface area contributed by atoms with Crippen molar-refractivity contribution in [1.82, 2.24) is 5.32 Å². The predicted octanol–water partition coefficient (Wildman–Crippen LogP) is 4.16. The number of rotatable bonds is 5. The molecule has 1 atom stereocenters. The van der Waals surface area contributed by atoms with Gasteiger partial charge in [0.15, 0.2) is 0 Å². The molecular formula is C18H23NO. The van der Waals surface area contributed by atoms with E-state index >= 15 is 0 Å². The van der Waals surface area contributed by atoms with Gasteiger partial charge in [-0.3, -0.25) is 0 Å². The lowest BCUT2D eigenvalue weighted by atomic mass is 10.1. The van der Waals surface area contributed by atoms with Crippen LogP contribution in [0.1, 0.15) is 35.2 Å². The van der Waals surface area contributed by atoms with Crippen molar-refractivity contribution in [3.63, 3.8) is 0 Å². The monoisotopic (exact) mass is 269 g/mol. The molecule has 2 aromatic carbocycles. The summed E-state index contributed by atoms with van der Waals surface area (Å²) in [6.07, 6.45) is 0. The number of benzene rings is 2. The molecule has 0 aliphatic rings. The molecule has 0 aliphatic heterocycles. The summed E-state index contributed by atoms with van der Waals surface area (Å²) in [5.41, 5.74) is 5.21. The molecule has 0 aromatic heterocycles. The highest BCUT2D eigenvalue weighted by atomic mass is 16.5. The van der Waals surface area contributed by atoms with Gasteiger partial charge in [-0.25, -0.2) is 0 Å². The average molecular weight is 269 g/mol. The van der Waals surface area contributed by atoms with E-state index in [0.29, 0.717) is 6.04 Å². The van der Waals surface area contributed by atoms with Crippen molar-refractivity contribution in [2.45, 2.75) is 33.4 Å². The van der Waals surface area contributed by atoms with Crippen molar-refractivity contribution in [1.29, 1.82) is 0 Å². The first-order valence-electron chi connectivity index (χ1n) is 7.03. The van der Waals surface area contributed by atoms with Crippen LogP contribution in [0.15, 0.2) is 42.5 Å². The molecule has 106 valence electrons. The lowest BCUT2D eigenvalue weighted by Crippen LogP contribution is -2.18. The SMILES string of the molecule is COc1cccc([C@H](C)NCc2cc(C)cc(C)c2)c1. The molecule has 0 heterocycles. The lowest BCUT2D eigenvalue weighted by molar-refractivity contribution is 0.413. The van der Waals surface area contributed by atoms with Gasteiger partial charge in [0.25, 0.3) is 0 Å². The highest BCUT2D eigenvalue weighted by Crippen LogP contribution is 2.19. The second-order valence-corrected chi connectivity index (χ2v) is 5.38. The summed E-state index contributed by atoms with van der Waals surface area (Å²) in [7, 11) is 1.70. The highest BCUT2D eigenvalue weighted by molar-refractivity contribution is 5.31. The molecular weight excluding hydrogens is 246 g/mol. The van der Waals surface area contributed by atoms with Gasteiger partial charge in [0, 0.05) is 12.6 Å². The van der Waals surface area contributed by atoms with Crippen LogP contribution >= 0.6 is 0 Å². The molecule has 2 aromatic rings. The molecule has 2 rings (SSSR count). The minimum Gasteiger partial charge on any atom is -0.497 e. The maximum Gasteiger partial charge on any atom is 0.119 e. The Bertz CT molecular complexity index is 557. The van der Waals surface area contributed by atoms with E-state index in [9.17, 15) is 0 Å². The maximum absolute atomic E-state index is 5.27. The van der Waals surface area contributed by atoms with Crippen LogP contribution in [0.3, 0.4) is 0 Å². The smallest absolute Gasteiger partial charge is 0.119 e. The standard InChI is InChI=1S/C18H23NO/c1-13-8-14(2)10-16(9-13)12-19-15(3)17-6-5-7-18(11-17)20-4/h5-11,15,19H,12H2,1-4H3/t15-/m0/s1. The van der Waals surface area contributed by atoms with Gasteiger partial charge in [-0.1, -0.05) is 41.5 Å². The van der Waals surface area contributed by atoms with E-state index < -0.39 is 0 Å². The molecule has 0 radical (unpaired) electrons. The van der Waals surface area contributed by atoms with Crippen molar-refractivity contribution in [2.75, 3.05) is 7.11 Å². The summed E-state index contributed by atoms with van der Waals surface area (Å²) in [5.74, 6) is 0.905. The first-order chi connectivity index (χ1) is 9.58. The Morgan fingerprint density at radius 2 is 1.75 bits per heavy atom. The Labute approximate surface area is 121 Å². The lowest BCUT2D eigenvalue weighted by Gasteiger charge is -2.15. The molecule has 1 N–H and O–H groups in total. The van der Waals surface area contributed by atoms with Gasteiger partial charge in [-0.2, -0.15) is 0 Å². The summed E-state index contributed by atoms with van der Waals surface area (Å²) < 4.78 is 5.27. The quantitative estimate of drug-likeness (QED) is 0.880. The van der Waals surface area contributed by atoms with Crippen molar-refractivity contribution in [3.8, 4) is 5.75 Å². The van der Waals surface area contributed by atoms with Gasteiger partial charge in [-0.05, 0) is 44.0 Å². The first kappa shape index (κ1) is 14.6. The van der Waals surface area contributed by atoms with Gasteiger partial charge < -0.3 is 10.1 Å². The Balaban J connectivity index is 2.02. The molecule has 0 bridgehead atoms. The van der Waals surface area contributed by atoms with E-state index in [1.165, 1.54) is 22.3 Å². The maximum atomic E-state index is 5.27. The predicted molar refractivity (Wildman–Crippen MR) is 84.2 cm³/mol. The van der Waals surface area contributed by atoms with E-state index in [0.717, 1.165) is 12.3 Å². The summed E-state index contributed by atoms with van der Waals surface area (Å²) in [6, 6.07) is 15.2. The third-order valence-corrected chi connectivity index (χ3v) is 3.49. The van der Waals surface area contributed by atoms with Crippen LogP contribution in [0.25, 0.3) is 0 Å². The third kappa shape index (κ3) is 3.84. The van der Waals surface area contributed by atoms with Crippen molar-refractivity contribution in [3.05, 3.63) is 64.7 Å². The molecule has 0 saturated carbocycles. The average Bonchev–Trinajstić information content (AvgIpc) is 2.44. The van der Waals surface area contributed by atoms with Crippen LogP contribution in [0.2, 0.25) is 0 Å². The number of ether oxygens (including phenoxy) is 1. The molecule has 0 amide bonds. The summed E-state index contributed by atoms with van der Waals surface area (Å²) in [4.78, 5) is 0. The minimum absolute atomic E-state index is 0.297. The number of nitrogens with one attached hydrogen (secondary N) is 1. The fraction of sp³-hybridized carbons (Fsp3) is 0.333. The summed E-state index contributed by atoms with van der Waals surface area (Å²) in [6.45, 7) is 7.34. The van der Waals surface area contributed by atoms with E-state index in [1.807, 2.05) is 12.1 Å². The second-order valence-electron chi connectivity index (χ2n) is 5.38. The van der Waals surface area contributed by atoms with E-state index in [1.54, 1.807) is 7.11 Å². The molecule has 0 aliphatic carbocycles. The number of hydrogen-bond donors (Lipinski definition) is 1. The highest BCUT2D eigenvalue weighted by Gasteiger charge is 2.06. The number of hydrogen-bond acceptors (Lipinski definition) is 2. The normalized spacial score (nSPS) is 12.2. The minimum atomic E-state index is 0.297. The van der Waals surface area contributed by atoms with Gasteiger partial charge in [-0.15, -0.1) is 0 Å². The van der Waals surface area contributed by atoms with Crippen molar-refractivity contribution >= 4 is 0 Å². The largest absolute Gasteiger partial charge is 0.497 e. The fourth-order valence-electron chi connectivity index (χ4n) is 2.47. The molecule has 0 saturated heterocycles. The van der Waals surface area contributed by atoms with Gasteiger partial charge in [0.1, 0.15) is 5.75 Å². The van der Waals surface area contributed by atoms with Gasteiger partial charge in [0.05, 0.1) is 7.11 Å². The van der Waals surface area contributed by atoms with E-state index in [-0.39, 0.29) is 0 Å². The fourth-order valence-corrected chi connectivity index (χ4v) is 2.47. The van der Waals surface area contributed by atoms with Crippen LogP contribution in [0, 0.1) is 13.8 Å². The molecule has 0 fully saturated rings. The Morgan fingerprint density at radius 3 is 2.40 bits per heavy atom. The van der Waals surface area contributed by atoms with Crippen molar-refractivity contribution in [2.24, 2.45) is 0 Å². The zero-order chi connectivity index (χ0) is 14.5. The topological polar surface area (TPSA) is 21.3 Å². The molecule has 20 heavy (non-hydrogen) atoms. The molecule has 0 spiro atoms. The Hall–Kier alpha value is -1.80. The summed E-state index contributed by atoms with van der Waals surface area (Å²) >= 11 is 0. The zero-order valence-corrected chi connectivity index (χ0v) is 12.7. The summed E-state index contributed by atoms with van der Waals surface area (Å²) in [5, 5.41) is 3.57. The van der Waals surface area contributed by atoms with Crippen LogP contribution in [-0.2, 0) is 6.54 Å². The van der Waals surface area contributed by atoms with Crippen LogP contribution in [0.5, 0.6) is 5.75 Å². The van der Waals surface area contributed by atoms with Gasteiger partial charge >= 0.3 is 0 Å². The Morgan fingerprint density at radius 1 is 1.05 bits per heavy atom. The van der Waals surface area contributed by atoms with E-state index in [2.05, 4.69) is 56.4 Å². The van der Waals surface area contributed by atoms with Crippen LogP contribution in [-0.4, -0.2) is 7.11 Å². The molecule has 2 nitrogen and oxygen atoms in total. The number of aryl methyl sites for hydroxylation is 2.